The van der Waals surface area contributed by atoms with E-state index in [0.29, 0.717) is 22.4 Å². The number of halogens is 1. The lowest BCUT2D eigenvalue weighted by Gasteiger charge is -2.23. The van der Waals surface area contributed by atoms with Crippen LogP contribution in [-0.2, 0) is 0 Å². The van der Waals surface area contributed by atoms with Crippen molar-refractivity contribution < 1.29 is 9.53 Å². The average Bonchev–Trinajstić information content (AvgIpc) is 3.01. The number of carbonyl (C=O) groups is 1. The van der Waals surface area contributed by atoms with Gasteiger partial charge in [-0.25, -0.2) is 4.79 Å². The van der Waals surface area contributed by atoms with E-state index in [1.165, 1.54) is 0 Å². The second-order valence-corrected chi connectivity index (χ2v) is 6.30. The fourth-order valence-electron chi connectivity index (χ4n) is 2.99. The highest BCUT2D eigenvalue weighted by molar-refractivity contribution is 6.31. The molecule has 1 heterocycles. The van der Waals surface area contributed by atoms with Gasteiger partial charge in [-0.05, 0) is 43.6 Å². The van der Waals surface area contributed by atoms with Crippen molar-refractivity contribution in [2.75, 3.05) is 45.2 Å². The van der Waals surface area contributed by atoms with Crippen molar-refractivity contribution >= 4 is 23.3 Å². The van der Waals surface area contributed by atoms with Crippen molar-refractivity contribution in [3.05, 3.63) is 23.2 Å². The number of likely N-dealkylation sites (tertiary alicyclic amines) is 1. The number of nitrogens with zero attached hydrogens (tertiary/aromatic N) is 2. The van der Waals surface area contributed by atoms with Crippen LogP contribution in [0, 0.1) is 5.92 Å². The SMILES string of the molecule is CCN(CC)C[C@H]1CCN(C(=O)Nc2cc(Cl)ccc2OC)C1. The lowest BCUT2D eigenvalue weighted by Crippen LogP contribution is -2.35. The molecule has 1 aliphatic rings. The van der Waals surface area contributed by atoms with Crippen LogP contribution in [0.4, 0.5) is 10.5 Å². The molecule has 0 aliphatic carbocycles. The van der Waals surface area contributed by atoms with E-state index in [0.717, 1.165) is 39.1 Å². The molecule has 2 amide bonds. The Labute approximate surface area is 143 Å². The number of rotatable bonds is 6. The predicted octanol–water partition coefficient (Wildman–Crippen LogP) is 3.54. The highest BCUT2D eigenvalue weighted by atomic mass is 35.5. The van der Waals surface area contributed by atoms with E-state index < -0.39 is 0 Å². The second-order valence-electron chi connectivity index (χ2n) is 5.86. The van der Waals surface area contributed by atoms with Gasteiger partial charge in [-0.3, -0.25) is 0 Å². The number of benzene rings is 1. The first-order chi connectivity index (χ1) is 11.1. The highest BCUT2D eigenvalue weighted by Crippen LogP contribution is 2.28. The Morgan fingerprint density at radius 3 is 2.83 bits per heavy atom. The number of urea groups is 1. The summed E-state index contributed by atoms with van der Waals surface area (Å²) >= 11 is 6.00. The van der Waals surface area contributed by atoms with Gasteiger partial charge in [0.05, 0.1) is 12.8 Å². The zero-order valence-corrected chi connectivity index (χ0v) is 14.9. The highest BCUT2D eigenvalue weighted by Gasteiger charge is 2.27. The fraction of sp³-hybridized carbons (Fsp3) is 0.588. The number of methoxy groups -OCH3 is 1. The number of nitrogens with one attached hydrogen (secondary N) is 1. The quantitative estimate of drug-likeness (QED) is 0.862. The first kappa shape index (κ1) is 17.9. The average molecular weight is 340 g/mol. The Kier molecular flexibility index (Phi) is 6.54. The van der Waals surface area contributed by atoms with E-state index in [4.69, 9.17) is 16.3 Å². The van der Waals surface area contributed by atoms with Crippen molar-refractivity contribution in [1.82, 2.24) is 9.80 Å². The van der Waals surface area contributed by atoms with Crippen LogP contribution in [0.1, 0.15) is 20.3 Å². The fourth-order valence-corrected chi connectivity index (χ4v) is 3.16. The lowest BCUT2D eigenvalue weighted by molar-refractivity contribution is 0.215. The molecule has 5 nitrogen and oxygen atoms in total. The minimum Gasteiger partial charge on any atom is -0.495 e. The van der Waals surface area contributed by atoms with E-state index in [-0.39, 0.29) is 6.03 Å². The molecule has 23 heavy (non-hydrogen) atoms. The normalized spacial score (nSPS) is 17.6. The van der Waals surface area contributed by atoms with Gasteiger partial charge >= 0.3 is 6.03 Å². The summed E-state index contributed by atoms with van der Waals surface area (Å²) in [5.41, 5.74) is 0.609. The van der Waals surface area contributed by atoms with Crippen molar-refractivity contribution in [2.45, 2.75) is 20.3 Å². The summed E-state index contributed by atoms with van der Waals surface area (Å²) in [7, 11) is 1.58. The first-order valence-electron chi connectivity index (χ1n) is 8.19. The summed E-state index contributed by atoms with van der Waals surface area (Å²) in [6, 6.07) is 5.12. The maximum atomic E-state index is 12.5. The third-order valence-electron chi connectivity index (χ3n) is 4.39. The Balaban J connectivity index is 1.93. The van der Waals surface area contributed by atoms with Crippen molar-refractivity contribution in [2.24, 2.45) is 5.92 Å². The summed E-state index contributed by atoms with van der Waals surface area (Å²) in [4.78, 5) is 16.7. The zero-order chi connectivity index (χ0) is 16.8. The number of hydrogen-bond donors (Lipinski definition) is 1. The maximum Gasteiger partial charge on any atom is 0.321 e. The van der Waals surface area contributed by atoms with E-state index in [1.54, 1.807) is 25.3 Å². The van der Waals surface area contributed by atoms with Crippen LogP contribution >= 0.6 is 11.6 Å². The largest absolute Gasteiger partial charge is 0.495 e. The van der Waals surface area contributed by atoms with Gasteiger partial charge in [0.2, 0.25) is 0 Å². The van der Waals surface area contributed by atoms with Gasteiger partial charge in [-0.2, -0.15) is 0 Å². The van der Waals surface area contributed by atoms with E-state index in [2.05, 4.69) is 24.1 Å². The number of amides is 2. The standard InChI is InChI=1S/C17H26ClN3O2/c1-4-20(5-2)11-13-8-9-21(12-13)17(22)19-15-10-14(18)6-7-16(15)23-3/h6-7,10,13H,4-5,8-9,11-12H2,1-3H3,(H,19,22)/t13-/m1/s1. The number of carbonyl (C=O) groups excluding carboxylic acids is 1. The number of ether oxygens (including phenoxy) is 1. The molecule has 0 spiro atoms. The van der Waals surface area contributed by atoms with E-state index in [9.17, 15) is 4.79 Å². The number of anilines is 1. The molecule has 0 aromatic heterocycles. The molecule has 1 aromatic rings. The predicted molar refractivity (Wildman–Crippen MR) is 94.5 cm³/mol. The minimum atomic E-state index is -0.0902. The van der Waals surface area contributed by atoms with Crippen molar-refractivity contribution in [1.29, 1.82) is 0 Å². The van der Waals surface area contributed by atoms with Crippen LogP contribution in [-0.4, -0.2) is 55.7 Å². The summed E-state index contributed by atoms with van der Waals surface area (Å²) in [5, 5.41) is 3.48. The molecule has 1 atom stereocenters. The molecule has 128 valence electrons. The second kappa shape index (κ2) is 8.41. The monoisotopic (exact) mass is 339 g/mol. The van der Waals surface area contributed by atoms with Gasteiger partial charge in [-0.1, -0.05) is 25.4 Å². The molecule has 1 saturated heterocycles. The van der Waals surface area contributed by atoms with E-state index in [1.807, 2.05) is 4.90 Å². The minimum absolute atomic E-state index is 0.0902. The zero-order valence-electron chi connectivity index (χ0n) is 14.1. The lowest BCUT2D eigenvalue weighted by atomic mass is 10.1. The molecule has 1 aromatic carbocycles. The van der Waals surface area contributed by atoms with Crippen molar-refractivity contribution in [3.63, 3.8) is 0 Å². The Hall–Kier alpha value is -1.46. The maximum absolute atomic E-state index is 12.5. The molecule has 6 heteroatoms. The molecule has 1 N–H and O–H groups in total. The molecule has 0 unspecified atom stereocenters. The van der Waals surface area contributed by atoms with Crippen LogP contribution in [0.15, 0.2) is 18.2 Å². The molecule has 1 fully saturated rings. The summed E-state index contributed by atoms with van der Waals surface area (Å²) in [6.45, 7) is 9.10. The third-order valence-corrected chi connectivity index (χ3v) is 4.62. The smallest absolute Gasteiger partial charge is 0.321 e. The van der Waals surface area contributed by atoms with E-state index >= 15 is 0 Å². The van der Waals surface area contributed by atoms with Crippen molar-refractivity contribution in [3.8, 4) is 5.75 Å². The van der Waals surface area contributed by atoms with Gasteiger partial charge < -0.3 is 19.9 Å². The van der Waals surface area contributed by atoms with Crippen LogP contribution < -0.4 is 10.1 Å². The topological polar surface area (TPSA) is 44.8 Å². The summed E-state index contributed by atoms with van der Waals surface area (Å²) in [5.74, 6) is 1.16. The Morgan fingerprint density at radius 1 is 1.43 bits per heavy atom. The van der Waals surface area contributed by atoms with Crippen LogP contribution in [0.25, 0.3) is 0 Å². The van der Waals surface area contributed by atoms with Crippen LogP contribution in [0.5, 0.6) is 5.75 Å². The number of hydrogen-bond acceptors (Lipinski definition) is 3. The molecule has 0 saturated carbocycles. The first-order valence-corrected chi connectivity index (χ1v) is 8.57. The Bertz CT molecular complexity index is 535. The van der Waals surface area contributed by atoms with Gasteiger partial charge in [0.1, 0.15) is 5.75 Å². The van der Waals surface area contributed by atoms with Crippen LogP contribution in [0.2, 0.25) is 5.02 Å². The summed E-state index contributed by atoms with van der Waals surface area (Å²) in [6.07, 6.45) is 1.05. The molecular formula is C17H26ClN3O2. The Morgan fingerprint density at radius 2 is 2.17 bits per heavy atom. The molecule has 2 rings (SSSR count). The van der Waals surface area contributed by atoms with Gasteiger partial charge in [0.25, 0.3) is 0 Å². The van der Waals surface area contributed by atoms with Gasteiger partial charge in [0, 0.05) is 24.7 Å². The third kappa shape index (κ3) is 4.75. The molecule has 0 radical (unpaired) electrons. The molecular weight excluding hydrogens is 314 g/mol. The van der Waals surface area contributed by atoms with Crippen LogP contribution in [0.3, 0.4) is 0 Å². The molecule has 1 aliphatic heterocycles. The molecule has 0 bridgehead atoms. The summed E-state index contributed by atoms with van der Waals surface area (Å²) < 4.78 is 5.27. The van der Waals surface area contributed by atoms with Gasteiger partial charge in [0.15, 0.2) is 0 Å². The van der Waals surface area contributed by atoms with Gasteiger partial charge in [-0.15, -0.1) is 0 Å².